The van der Waals surface area contributed by atoms with Crippen molar-refractivity contribution in [2.24, 2.45) is 0 Å². The Labute approximate surface area is 184 Å². The fraction of sp³-hybridized carbons (Fsp3) is 0.0435. The molecule has 0 aliphatic rings. The van der Waals surface area contributed by atoms with Crippen LogP contribution >= 0.6 is 0 Å². The molecule has 8 nitrogen and oxygen atoms in total. The molecule has 3 aromatic heterocycles. The zero-order valence-electron chi connectivity index (χ0n) is 17.1. The standard InChI is InChI=1S/C23H19N5O3S/c1-31-22-11-6-17(21-16-27-13-3-2-5-23(27)25-21)15-20(22)26-32(29,30)19-9-7-18(8-10-19)28-14-4-12-24-28/h2-16,26H,1H3. The van der Waals surface area contributed by atoms with E-state index >= 15 is 0 Å². The summed E-state index contributed by atoms with van der Waals surface area (Å²) in [6.07, 6.45) is 7.25. The van der Waals surface area contributed by atoms with Gasteiger partial charge in [0.15, 0.2) is 0 Å². The fourth-order valence-corrected chi connectivity index (χ4v) is 4.49. The van der Waals surface area contributed by atoms with Crippen LogP contribution in [0.25, 0.3) is 22.6 Å². The van der Waals surface area contributed by atoms with Gasteiger partial charge < -0.3 is 9.14 Å². The number of nitrogens with zero attached hydrogens (tertiary/aromatic N) is 4. The lowest BCUT2D eigenvalue weighted by molar-refractivity contribution is 0.417. The van der Waals surface area contributed by atoms with Crippen LogP contribution < -0.4 is 9.46 Å². The van der Waals surface area contributed by atoms with Crippen LogP contribution in [0.4, 0.5) is 5.69 Å². The van der Waals surface area contributed by atoms with Crippen molar-refractivity contribution in [1.29, 1.82) is 0 Å². The van der Waals surface area contributed by atoms with Crippen LogP contribution in [0.15, 0.2) is 96.4 Å². The Balaban J connectivity index is 1.47. The Bertz CT molecular complexity index is 1460. The second kappa shape index (κ2) is 7.86. The first-order valence-electron chi connectivity index (χ1n) is 9.78. The van der Waals surface area contributed by atoms with Crippen LogP contribution in [-0.2, 0) is 10.0 Å². The SMILES string of the molecule is COc1ccc(-c2cn3ccccc3n2)cc1NS(=O)(=O)c1ccc(-n2cccn2)cc1. The molecule has 0 bridgehead atoms. The second-order valence-electron chi connectivity index (χ2n) is 7.06. The van der Waals surface area contributed by atoms with Gasteiger partial charge in [-0.2, -0.15) is 5.10 Å². The molecule has 0 aliphatic heterocycles. The highest BCUT2D eigenvalue weighted by molar-refractivity contribution is 7.92. The third kappa shape index (κ3) is 3.69. The molecule has 0 aliphatic carbocycles. The summed E-state index contributed by atoms with van der Waals surface area (Å²) in [5.41, 5.74) is 3.39. The van der Waals surface area contributed by atoms with Gasteiger partial charge >= 0.3 is 0 Å². The lowest BCUT2D eigenvalue weighted by Crippen LogP contribution is -2.14. The minimum absolute atomic E-state index is 0.133. The van der Waals surface area contributed by atoms with Crippen molar-refractivity contribution in [3.63, 3.8) is 0 Å². The molecule has 0 saturated heterocycles. The molecule has 2 aromatic carbocycles. The normalized spacial score (nSPS) is 11.5. The first-order chi connectivity index (χ1) is 15.5. The van der Waals surface area contributed by atoms with E-state index < -0.39 is 10.0 Å². The van der Waals surface area contributed by atoms with Gasteiger partial charge in [-0.25, -0.2) is 18.1 Å². The number of benzene rings is 2. The van der Waals surface area contributed by atoms with Gasteiger partial charge in [-0.3, -0.25) is 4.72 Å². The van der Waals surface area contributed by atoms with Crippen LogP contribution in [0.3, 0.4) is 0 Å². The van der Waals surface area contributed by atoms with Crippen molar-refractivity contribution in [2.75, 3.05) is 11.8 Å². The summed E-state index contributed by atoms with van der Waals surface area (Å²) in [7, 11) is -2.34. The zero-order valence-corrected chi connectivity index (χ0v) is 17.9. The number of sulfonamides is 1. The highest BCUT2D eigenvalue weighted by Gasteiger charge is 2.18. The number of hydrogen-bond donors (Lipinski definition) is 1. The molecule has 5 rings (SSSR count). The van der Waals surface area contributed by atoms with Gasteiger partial charge in [-0.05, 0) is 60.7 Å². The van der Waals surface area contributed by atoms with Crippen LogP contribution in [0.5, 0.6) is 5.75 Å². The van der Waals surface area contributed by atoms with Gasteiger partial charge in [-0.1, -0.05) is 6.07 Å². The number of fused-ring (bicyclic) bond motifs is 1. The van der Waals surface area contributed by atoms with E-state index in [1.165, 1.54) is 19.2 Å². The highest BCUT2D eigenvalue weighted by Crippen LogP contribution is 2.32. The summed E-state index contributed by atoms with van der Waals surface area (Å²) in [5.74, 6) is 0.411. The van der Waals surface area contributed by atoms with Crippen molar-refractivity contribution >= 4 is 21.4 Å². The van der Waals surface area contributed by atoms with E-state index in [0.29, 0.717) is 11.4 Å². The van der Waals surface area contributed by atoms with Crippen LogP contribution in [-0.4, -0.2) is 34.7 Å². The molecule has 0 amide bonds. The van der Waals surface area contributed by atoms with E-state index in [4.69, 9.17) is 4.74 Å². The predicted octanol–water partition coefficient (Wildman–Crippen LogP) is 4.00. The van der Waals surface area contributed by atoms with E-state index in [1.807, 2.05) is 41.1 Å². The zero-order chi connectivity index (χ0) is 22.1. The maximum absolute atomic E-state index is 13.0. The summed E-state index contributed by atoms with van der Waals surface area (Å²) in [5, 5.41) is 4.15. The molecule has 5 aromatic rings. The van der Waals surface area contributed by atoms with Gasteiger partial charge in [-0.15, -0.1) is 0 Å². The number of hydrogen-bond acceptors (Lipinski definition) is 5. The molecule has 0 unspecified atom stereocenters. The van der Waals surface area contributed by atoms with Crippen molar-refractivity contribution in [2.45, 2.75) is 4.90 Å². The van der Waals surface area contributed by atoms with Gasteiger partial charge in [0.2, 0.25) is 0 Å². The van der Waals surface area contributed by atoms with Gasteiger partial charge in [0.25, 0.3) is 10.0 Å². The Hall–Kier alpha value is -4.11. The lowest BCUT2D eigenvalue weighted by atomic mass is 10.1. The summed E-state index contributed by atoms with van der Waals surface area (Å²) in [6.45, 7) is 0. The monoisotopic (exact) mass is 445 g/mol. The number of nitrogens with one attached hydrogen (secondary N) is 1. The molecule has 0 atom stereocenters. The number of imidazole rings is 1. The number of rotatable bonds is 6. The number of aromatic nitrogens is 4. The number of methoxy groups -OCH3 is 1. The van der Waals surface area contributed by atoms with Gasteiger partial charge in [0.1, 0.15) is 11.4 Å². The topological polar surface area (TPSA) is 90.5 Å². The largest absolute Gasteiger partial charge is 0.495 e. The van der Waals surface area contributed by atoms with Gasteiger partial charge in [0, 0.05) is 30.4 Å². The molecule has 160 valence electrons. The maximum atomic E-state index is 13.0. The van der Waals surface area contributed by atoms with Crippen molar-refractivity contribution in [3.8, 4) is 22.7 Å². The molecule has 0 saturated carbocycles. The molecular formula is C23H19N5O3S. The van der Waals surface area contributed by atoms with Crippen LogP contribution in [0, 0.1) is 0 Å². The predicted molar refractivity (Wildman–Crippen MR) is 122 cm³/mol. The minimum Gasteiger partial charge on any atom is -0.495 e. The Morgan fingerprint density at radius 2 is 1.81 bits per heavy atom. The third-order valence-electron chi connectivity index (χ3n) is 5.02. The smallest absolute Gasteiger partial charge is 0.262 e. The summed E-state index contributed by atoms with van der Waals surface area (Å²) in [4.78, 5) is 4.74. The van der Waals surface area contributed by atoms with E-state index in [9.17, 15) is 8.42 Å². The molecule has 3 heterocycles. The first kappa shape index (κ1) is 19.8. The van der Waals surface area contributed by atoms with Crippen molar-refractivity contribution in [1.82, 2.24) is 19.2 Å². The summed E-state index contributed by atoms with van der Waals surface area (Å²) in [6, 6.07) is 19.3. The quantitative estimate of drug-likeness (QED) is 0.427. The number of pyridine rings is 1. The molecule has 9 heteroatoms. The second-order valence-corrected chi connectivity index (χ2v) is 8.74. The average Bonchev–Trinajstić information content (AvgIpc) is 3.49. The maximum Gasteiger partial charge on any atom is 0.262 e. The van der Waals surface area contributed by atoms with E-state index in [0.717, 1.165) is 22.6 Å². The first-order valence-corrected chi connectivity index (χ1v) is 11.3. The van der Waals surface area contributed by atoms with Crippen LogP contribution in [0.2, 0.25) is 0 Å². The summed E-state index contributed by atoms with van der Waals surface area (Å²) < 4.78 is 37.7. The molecular weight excluding hydrogens is 426 g/mol. The molecule has 1 N–H and O–H groups in total. The Kier molecular flexibility index (Phi) is 4.87. The van der Waals surface area contributed by atoms with E-state index in [1.54, 1.807) is 47.4 Å². The highest BCUT2D eigenvalue weighted by atomic mass is 32.2. The molecule has 0 fully saturated rings. The lowest BCUT2D eigenvalue weighted by Gasteiger charge is -2.13. The third-order valence-corrected chi connectivity index (χ3v) is 6.40. The van der Waals surface area contributed by atoms with Crippen molar-refractivity contribution < 1.29 is 13.2 Å². The van der Waals surface area contributed by atoms with Gasteiger partial charge in [0.05, 0.1) is 29.1 Å². The Morgan fingerprint density at radius 1 is 0.969 bits per heavy atom. The minimum atomic E-state index is -3.84. The number of anilines is 1. The van der Waals surface area contributed by atoms with E-state index in [2.05, 4.69) is 14.8 Å². The molecule has 0 spiro atoms. The Morgan fingerprint density at radius 3 is 2.53 bits per heavy atom. The summed E-state index contributed by atoms with van der Waals surface area (Å²) >= 11 is 0. The molecule has 0 radical (unpaired) electrons. The fourth-order valence-electron chi connectivity index (χ4n) is 3.42. The van der Waals surface area contributed by atoms with Crippen molar-refractivity contribution in [3.05, 3.63) is 91.5 Å². The van der Waals surface area contributed by atoms with Crippen LogP contribution in [0.1, 0.15) is 0 Å². The number of ether oxygens (including phenoxy) is 1. The van der Waals surface area contributed by atoms with E-state index in [-0.39, 0.29) is 4.90 Å². The average molecular weight is 446 g/mol. The molecule has 32 heavy (non-hydrogen) atoms.